The van der Waals surface area contributed by atoms with Crippen molar-refractivity contribution in [2.45, 2.75) is 15.2 Å². The Morgan fingerprint density at radius 2 is 0.967 bits per heavy atom. The first-order valence-corrected chi connectivity index (χ1v) is 20.9. The molecule has 6 heteroatoms. The highest BCUT2D eigenvalue weighted by atomic mass is 32.2. The second-order valence-electron chi connectivity index (χ2n) is 15.6. The van der Waals surface area contributed by atoms with Crippen LogP contribution in [0.2, 0.25) is 0 Å². The van der Waals surface area contributed by atoms with Gasteiger partial charge in [-0.3, -0.25) is 9.97 Å². The molecule has 0 amide bonds. The minimum atomic E-state index is -0.659. The van der Waals surface area contributed by atoms with Crippen LogP contribution in [0.1, 0.15) is 27.8 Å². The number of hydrogen-bond acceptors (Lipinski definition) is 4. The largest absolute Gasteiger partial charge is 0.309 e. The first-order valence-electron chi connectivity index (χ1n) is 20.1. The normalized spacial score (nSPS) is 13.4. The van der Waals surface area contributed by atoms with E-state index in [4.69, 9.17) is 9.97 Å². The lowest BCUT2D eigenvalue weighted by Crippen LogP contribution is -2.32. The van der Waals surface area contributed by atoms with Gasteiger partial charge in [0.05, 0.1) is 50.1 Å². The zero-order valence-electron chi connectivity index (χ0n) is 32.0. The summed E-state index contributed by atoms with van der Waals surface area (Å²) >= 11 is 1.80. The van der Waals surface area contributed by atoms with Crippen molar-refractivity contribution in [3.8, 4) is 40.0 Å². The summed E-state index contributed by atoms with van der Waals surface area (Å²) in [5, 5.41) is 16.2. The van der Waals surface area contributed by atoms with Crippen molar-refractivity contribution in [1.29, 1.82) is 5.26 Å². The zero-order valence-corrected chi connectivity index (χ0v) is 32.9. The van der Waals surface area contributed by atoms with E-state index in [1.807, 2.05) is 24.5 Å². The Balaban J connectivity index is 1.16. The fraction of sp³-hybridized carbons (Fsp3) is 0.0185. The van der Waals surface area contributed by atoms with Gasteiger partial charge in [-0.2, -0.15) is 5.26 Å². The van der Waals surface area contributed by atoms with Crippen LogP contribution in [0.4, 0.5) is 0 Å². The second kappa shape index (κ2) is 12.4. The third-order valence-corrected chi connectivity index (χ3v) is 13.9. The maximum Gasteiger partial charge on any atom is 0.102 e. The van der Waals surface area contributed by atoms with Crippen molar-refractivity contribution in [1.82, 2.24) is 19.1 Å². The molecule has 4 aromatic heterocycles. The molecule has 60 heavy (non-hydrogen) atoms. The molecule has 13 rings (SSSR count). The van der Waals surface area contributed by atoms with Gasteiger partial charge in [-0.05, 0) is 94.5 Å². The maximum atomic E-state index is 11.5. The van der Waals surface area contributed by atoms with Gasteiger partial charge < -0.3 is 9.13 Å². The number of fused-ring (bicyclic) bond motifs is 15. The van der Waals surface area contributed by atoms with E-state index in [9.17, 15) is 5.26 Å². The van der Waals surface area contributed by atoms with Gasteiger partial charge in [0.15, 0.2) is 0 Å². The fourth-order valence-electron chi connectivity index (χ4n) is 10.4. The quantitative estimate of drug-likeness (QED) is 0.179. The van der Waals surface area contributed by atoms with Crippen LogP contribution in [0.3, 0.4) is 0 Å². The summed E-state index contributed by atoms with van der Waals surface area (Å²) < 4.78 is 4.65. The van der Waals surface area contributed by atoms with Crippen LogP contribution in [0.5, 0.6) is 0 Å². The molecule has 0 saturated heterocycles. The number of hydrogen-bond donors (Lipinski definition) is 0. The second-order valence-corrected chi connectivity index (χ2v) is 16.7. The SMILES string of the molecule is N#Cc1c(-c2ccc3c(c2)C2(c4ccccc4S3)c3cccnc3-c3ncccc32)cc(-n2c3ccccc3c3ccccc32)cc1-n1c2ccccc2c2ccccc21. The molecule has 0 fully saturated rings. The maximum absolute atomic E-state index is 11.5. The average Bonchev–Trinajstić information content (AvgIpc) is 3.93. The summed E-state index contributed by atoms with van der Waals surface area (Å²) in [6.45, 7) is 0. The van der Waals surface area contributed by atoms with Gasteiger partial charge >= 0.3 is 0 Å². The lowest BCUT2D eigenvalue weighted by molar-refractivity contribution is 0.720. The Morgan fingerprint density at radius 3 is 1.55 bits per heavy atom. The van der Waals surface area contributed by atoms with Crippen LogP contribution < -0.4 is 0 Å². The third-order valence-electron chi connectivity index (χ3n) is 12.7. The van der Waals surface area contributed by atoms with Crippen molar-refractivity contribution in [3.63, 3.8) is 0 Å². The molecule has 0 radical (unpaired) electrons. The molecule has 1 aliphatic carbocycles. The summed E-state index contributed by atoms with van der Waals surface area (Å²) in [6.07, 6.45) is 3.74. The Bertz CT molecular complexity index is 3530. The molecule has 0 atom stereocenters. The summed E-state index contributed by atoms with van der Waals surface area (Å²) in [6, 6.07) is 65.5. The monoisotopic (exact) mass is 781 g/mol. The van der Waals surface area contributed by atoms with Crippen LogP contribution in [0.15, 0.2) is 198 Å². The smallest absolute Gasteiger partial charge is 0.102 e. The highest BCUT2D eigenvalue weighted by Gasteiger charge is 2.51. The van der Waals surface area contributed by atoms with E-state index in [1.54, 1.807) is 11.8 Å². The molecule has 0 bridgehead atoms. The van der Waals surface area contributed by atoms with E-state index in [1.165, 1.54) is 26.1 Å². The van der Waals surface area contributed by atoms with E-state index in [0.717, 1.165) is 83.4 Å². The molecule has 7 aromatic carbocycles. The van der Waals surface area contributed by atoms with Crippen LogP contribution >= 0.6 is 11.8 Å². The first-order chi connectivity index (χ1) is 29.7. The van der Waals surface area contributed by atoms with E-state index in [-0.39, 0.29) is 0 Å². The predicted molar refractivity (Wildman–Crippen MR) is 242 cm³/mol. The molecule has 1 spiro atoms. The first kappa shape index (κ1) is 33.3. The summed E-state index contributed by atoms with van der Waals surface area (Å²) in [7, 11) is 0. The minimum Gasteiger partial charge on any atom is -0.309 e. The average molecular weight is 782 g/mol. The third kappa shape index (κ3) is 4.31. The summed E-state index contributed by atoms with van der Waals surface area (Å²) in [5.74, 6) is 0. The van der Waals surface area contributed by atoms with Crippen LogP contribution in [-0.4, -0.2) is 19.1 Å². The molecule has 0 unspecified atom stereocenters. The molecule has 278 valence electrons. The van der Waals surface area contributed by atoms with Gasteiger partial charge in [0, 0.05) is 55.0 Å². The van der Waals surface area contributed by atoms with Crippen LogP contribution in [-0.2, 0) is 5.41 Å². The standard InChI is InChI=1S/C54H31N5S/c55-32-40-39(33-25-26-51-44(29-33)54(41-17-5-10-24-50(41)60-51)42-18-11-27-56-52(42)53-43(54)19-12-28-57-53)30-34(58-45-20-6-1-13-35(45)36-14-2-7-21-46(36)58)31-49(40)59-47-22-8-3-15-37(47)38-16-4-9-23-48(38)59/h1-31H. The Kier molecular flexibility index (Phi) is 6.87. The van der Waals surface area contributed by atoms with Crippen molar-refractivity contribution < 1.29 is 0 Å². The van der Waals surface area contributed by atoms with Gasteiger partial charge in [-0.1, -0.05) is 121 Å². The topological polar surface area (TPSA) is 59.4 Å². The van der Waals surface area contributed by atoms with Gasteiger partial charge in [0.1, 0.15) is 6.07 Å². The van der Waals surface area contributed by atoms with Gasteiger partial charge in [-0.25, -0.2) is 0 Å². The Morgan fingerprint density at radius 1 is 0.467 bits per heavy atom. The Hall–Kier alpha value is -7.72. The zero-order chi connectivity index (χ0) is 39.5. The van der Waals surface area contributed by atoms with Gasteiger partial charge in [-0.15, -0.1) is 0 Å². The lowest BCUT2D eigenvalue weighted by atomic mass is 9.67. The van der Waals surface area contributed by atoms with Crippen LogP contribution in [0.25, 0.3) is 77.5 Å². The molecule has 1 aliphatic heterocycles. The molecule has 0 saturated carbocycles. The fourth-order valence-corrected chi connectivity index (χ4v) is 11.5. The molecule has 5 nitrogen and oxygen atoms in total. The number of rotatable bonds is 3. The number of aromatic nitrogens is 4. The number of para-hydroxylation sites is 4. The van der Waals surface area contributed by atoms with E-state index >= 15 is 0 Å². The van der Waals surface area contributed by atoms with E-state index in [2.05, 4.69) is 179 Å². The number of benzene rings is 7. The molecule has 0 N–H and O–H groups in total. The Labute approximate surface area is 349 Å². The molecular formula is C54H31N5S. The van der Waals surface area contributed by atoms with Gasteiger partial charge in [0.25, 0.3) is 0 Å². The lowest BCUT2D eigenvalue weighted by Gasteiger charge is -2.39. The highest BCUT2D eigenvalue weighted by Crippen LogP contribution is 2.61. The highest BCUT2D eigenvalue weighted by molar-refractivity contribution is 7.99. The number of nitrogens with zero attached hydrogens (tertiary/aromatic N) is 5. The van der Waals surface area contributed by atoms with Crippen molar-refractivity contribution in [2.75, 3.05) is 0 Å². The molecule has 11 aromatic rings. The summed E-state index contributed by atoms with van der Waals surface area (Å²) in [5.41, 5.74) is 14.4. The van der Waals surface area contributed by atoms with Crippen molar-refractivity contribution >= 4 is 55.4 Å². The van der Waals surface area contributed by atoms with Crippen molar-refractivity contribution in [3.05, 3.63) is 216 Å². The number of pyridine rings is 2. The minimum absolute atomic E-state index is 0.611. The van der Waals surface area contributed by atoms with Crippen molar-refractivity contribution in [2.24, 2.45) is 0 Å². The predicted octanol–water partition coefficient (Wildman–Crippen LogP) is 13.0. The molecular weight excluding hydrogens is 751 g/mol. The summed E-state index contributed by atoms with van der Waals surface area (Å²) in [4.78, 5) is 12.3. The van der Waals surface area contributed by atoms with E-state index in [0.29, 0.717) is 5.56 Å². The van der Waals surface area contributed by atoms with Crippen LogP contribution in [0, 0.1) is 11.3 Å². The van der Waals surface area contributed by atoms with Gasteiger partial charge in [0.2, 0.25) is 0 Å². The van der Waals surface area contributed by atoms with E-state index < -0.39 is 5.41 Å². The molecule has 2 aliphatic rings. The number of nitriles is 1. The molecule has 5 heterocycles.